The lowest BCUT2D eigenvalue weighted by Gasteiger charge is -2.36. The number of hydrogen-bond acceptors (Lipinski definition) is 5. The summed E-state index contributed by atoms with van der Waals surface area (Å²) in [7, 11) is 0. The normalized spacial score (nSPS) is 49.2. The van der Waals surface area contributed by atoms with Gasteiger partial charge in [0.2, 0.25) is 0 Å². The third-order valence-electron chi connectivity index (χ3n) is 1.82. The van der Waals surface area contributed by atoms with Crippen LogP contribution in [0.5, 0.6) is 0 Å². The summed E-state index contributed by atoms with van der Waals surface area (Å²) in [6.07, 6.45) is -8.19. The fraction of sp³-hybridized carbons (Fsp3) is 1.00. The summed E-state index contributed by atoms with van der Waals surface area (Å²) < 4.78 is 17.3. The van der Waals surface area contributed by atoms with Gasteiger partial charge < -0.3 is 25.2 Å². The van der Waals surface area contributed by atoms with Crippen molar-refractivity contribution < 1.29 is 29.6 Å². The highest BCUT2D eigenvalue weighted by Gasteiger charge is 2.43. The summed E-state index contributed by atoms with van der Waals surface area (Å²) in [5.74, 6) is 0. The van der Waals surface area contributed by atoms with Crippen LogP contribution in [0.4, 0.5) is 4.39 Å². The number of aliphatic hydroxyl groups excluding tert-OH is 4. The van der Waals surface area contributed by atoms with E-state index in [1.807, 2.05) is 0 Å². The summed E-state index contributed by atoms with van der Waals surface area (Å²) in [4.78, 5) is 0. The van der Waals surface area contributed by atoms with Gasteiger partial charge in [0.15, 0.2) is 12.5 Å². The van der Waals surface area contributed by atoms with Crippen LogP contribution in [0.3, 0.4) is 0 Å². The maximum absolute atomic E-state index is 12.9. The number of aliphatic hydroxyl groups is 4. The van der Waals surface area contributed by atoms with E-state index in [2.05, 4.69) is 4.74 Å². The summed E-state index contributed by atoms with van der Waals surface area (Å²) in [5.41, 5.74) is 0. The molecule has 12 heavy (non-hydrogen) atoms. The monoisotopic (exact) mass is 182 g/mol. The third-order valence-corrected chi connectivity index (χ3v) is 1.82. The standard InChI is InChI=1S/C6H11FO5/c7-3-2(1-8)12-6(11)5(10)4(3)9/h2-6,8-11H,1H2/t2-,3-,4+,5+,6-/m0/s1. The van der Waals surface area contributed by atoms with Crippen molar-refractivity contribution >= 4 is 0 Å². The predicted octanol–water partition coefficient (Wildman–Crippen LogP) is -2.24. The topological polar surface area (TPSA) is 90.2 Å². The van der Waals surface area contributed by atoms with Gasteiger partial charge in [0.05, 0.1) is 6.61 Å². The molecule has 5 atom stereocenters. The number of ether oxygens (including phenoxy) is 1. The smallest absolute Gasteiger partial charge is 0.184 e. The van der Waals surface area contributed by atoms with Crippen molar-refractivity contribution in [1.82, 2.24) is 0 Å². The maximum Gasteiger partial charge on any atom is 0.184 e. The largest absolute Gasteiger partial charge is 0.394 e. The van der Waals surface area contributed by atoms with Crippen molar-refractivity contribution in [3.8, 4) is 0 Å². The zero-order valence-electron chi connectivity index (χ0n) is 6.17. The molecule has 72 valence electrons. The van der Waals surface area contributed by atoms with Crippen LogP contribution in [-0.4, -0.2) is 57.8 Å². The van der Waals surface area contributed by atoms with Gasteiger partial charge in [0.25, 0.3) is 0 Å². The van der Waals surface area contributed by atoms with Crippen LogP contribution in [0.15, 0.2) is 0 Å². The first kappa shape index (κ1) is 9.82. The molecule has 0 aromatic carbocycles. The Balaban J connectivity index is 2.63. The minimum atomic E-state index is -1.88. The molecule has 0 saturated carbocycles. The second-order valence-corrected chi connectivity index (χ2v) is 2.67. The Hall–Kier alpha value is -0.270. The van der Waals surface area contributed by atoms with Crippen LogP contribution in [0.25, 0.3) is 0 Å². The molecular formula is C6H11FO5. The van der Waals surface area contributed by atoms with Crippen molar-refractivity contribution in [2.75, 3.05) is 6.61 Å². The van der Waals surface area contributed by atoms with Crippen molar-refractivity contribution in [2.45, 2.75) is 30.8 Å². The first-order valence-corrected chi connectivity index (χ1v) is 3.52. The molecule has 1 fully saturated rings. The van der Waals surface area contributed by atoms with Crippen LogP contribution < -0.4 is 0 Å². The highest BCUT2D eigenvalue weighted by atomic mass is 19.1. The number of rotatable bonds is 1. The zero-order chi connectivity index (χ0) is 9.30. The van der Waals surface area contributed by atoms with Gasteiger partial charge >= 0.3 is 0 Å². The lowest BCUT2D eigenvalue weighted by atomic mass is 10.0. The first-order chi connectivity index (χ1) is 5.57. The van der Waals surface area contributed by atoms with Gasteiger partial charge in [-0.15, -0.1) is 0 Å². The van der Waals surface area contributed by atoms with Crippen molar-refractivity contribution in [1.29, 1.82) is 0 Å². The summed E-state index contributed by atoms with van der Waals surface area (Å²) in [6.45, 7) is -0.651. The number of hydrogen-bond donors (Lipinski definition) is 4. The molecule has 1 saturated heterocycles. The van der Waals surface area contributed by atoms with Gasteiger partial charge in [-0.1, -0.05) is 0 Å². The molecule has 0 amide bonds. The molecule has 0 radical (unpaired) electrons. The Morgan fingerprint density at radius 1 is 1.17 bits per heavy atom. The SMILES string of the molecule is OC[C@@H]1O[C@H](O)[C@H](O)[C@H](O)[C@H]1F. The minimum Gasteiger partial charge on any atom is -0.394 e. The fourth-order valence-corrected chi connectivity index (χ4v) is 1.06. The zero-order valence-corrected chi connectivity index (χ0v) is 6.17. The molecule has 0 unspecified atom stereocenters. The molecule has 4 N–H and O–H groups in total. The van der Waals surface area contributed by atoms with Gasteiger partial charge in [-0.05, 0) is 0 Å². The van der Waals surface area contributed by atoms with E-state index in [9.17, 15) is 4.39 Å². The van der Waals surface area contributed by atoms with Gasteiger partial charge in [-0.25, -0.2) is 4.39 Å². The lowest BCUT2D eigenvalue weighted by molar-refractivity contribution is -0.274. The lowest BCUT2D eigenvalue weighted by Crippen LogP contribution is -2.56. The van der Waals surface area contributed by atoms with Crippen LogP contribution in [0.2, 0.25) is 0 Å². The molecule has 6 heteroatoms. The fourth-order valence-electron chi connectivity index (χ4n) is 1.06. The van der Waals surface area contributed by atoms with Crippen molar-refractivity contribution in [3.63, 3.8) is 0 Å². The third kappa shape index (κ3) is 1.57. The van der Waals surface area contributed by atoms with Crippen molar-refractivity contribution in [3.05, 3.63) is 0 Å². The quantitative estimate of drug-likeness (QED) is 0.368. The molecule has 5 nitrogen and oxygen atoms in total. The van der Waals surface area contributed by atoms with E-state index in [1.54, 1.807) is 0 Å². The average molecular weight is 182 g/mol. The number of halogens is 1. The molecule has 1 heterocycles. The van der Waals surface area contributed by atoms with E-state index in [0.717, 1.165) is 0 Å². The second kappa shape index (κ2) is 3.63. The average Bonchev–Trinajstić information content (AvgIpc) is 2.08. The molecule has 1 aliphatic heterocycles. The summed E-state index contributed by atoms with van der Waals surface area (Å²) >= 11 is 0. The van der Waals surface area contributed by atoms with Gasteiger partial charge in [-0.2, -0.15) is 0 Å². The van der Waals surface area contributed by atoms with E-state index in [-0.39, 0.29) is 0 Å². The molecule has 0 aromatic heterocycles. The second-order valence-electron chi connectivity index (χ2n) is 2.67. The van der Waals surface area contributed by atoms with E-state index in [0.29, 0.717) is 0 Å². The van der Waals surface area contributed by atoms with E-state index in [1.165, 1.54) is 0 Å². The van der Waals surface area contributed by atoms with E-state index < -0.39 is 37.4 Å². The predicted molar refractivity (Wildman–Crippen MR) is 34.9 cm³/mol. The molecule has 1 aliphatic rings. The van der Waals surface area contributed by atoms with Crippen molar-refractivity contribution in [2.24, 2.45) is 0 Å². The summed E-state index contributed by atoms with van der Waals surface area (Å²) in [6, 6.07) is 0. The van der Waals surface area contributed by atoms with E-state index in [4.69, 9.17) is 20.4 Å². The van der Waals surface area contributed by atoms with Gasteiger partial charge in [-0.3, -0.25) is 0 Å². The van der Waals surface area contributed by atoms with Crippen LogP contribution >= 0.6 is 0 Å². The highest BCUT2D eigenvalue weighted by molar-refractivity contribution is 4.88. The van der Waals surface area contributed by atoms with E-state index >= 15 is 0 Å². The minimum absolute atomic E-state index is 0.651. The van der Waals surface area contributed by atoms with Gasteiger partial charge in [0, 0.05) is 0 Å². The van der Waals surface area contributed by atoms with Crippen LogP contribution in [0.1, 0.15) is 0 Å². The Morgan fingerprint density at radius 3 is 2.25 bits per heavy atom. The Bertz CT molecular complexity index is 150. The molecule has 0 bridgehead atoms. The molecule has 0 aromatic rings. The molecule has 0 aliphatic carbocycles. The Kier molecular flexibility index (Phi) is 2.97. The van der Waals surface area contributed by atoms with Crippen LogP contribution in [-0.2, 0) is 4.74 Å². The molecule has 1 rings (SSSR count). The Morgan fingerprint density at radius 2 is 1.75 bits per heavy atom. The molecular weight excluding hydrogens is 171 g/mol. The van der Waals surface area contributed by atoms with Crippen LogP contribution in [0, 0.1) is 0 Å². The highest BCUT2D eigenvalue weighted by Crippen LogP contribution is 2.21. The summed E-state index contributed by atoms with van der Waals surface area (Å²) in [5, 5.41) is 35.2. The maximum atomic E-state index is 12.9. The molecule has 0 spiro atoms. The number of alkyl halides is 1. The van der Waals surface area contributed by atoms with Gasteiger partial charge in [0.1, 0.15) is 18.3 Å². The first-order valence-electron chi connectivity index (χ1n) is 3.52. The Labute approximate surface area is 68.0 Å².